The van der Waals surface area contributed by atoms with Gasteiger partial charge in [0.25, 0.3) is 0 Å². The van der Waals surface area contributed by atoms with Crippen molar-refractivity contribution in [3.05, 3.63) is 47.1 Å². The van der Waals surface area contributed by atoms with Crippen molar-refractivity contribution in [2.45, 2.75) is 0 Å². The molecule has 0 aliphatic carbocycles. The lowest BCUT2D eigenvalue weighted by atomic mass is 10.3. The Morgan fingerprint density at radius 2 is 2.00 bits per heavy atom. The molecule has 6 heteroatoms. The molecule has 6 nitrogen and oxygen atoms in total. The SMILES string of the molecule is Cn1c(=O)[nH]c2c(Nc3ccccc3)ncnc21. The van der Waals surface area contributed by atoms with E-state index in [-0.39, 0.29) is 5.69 Å². The fourth-order valence-electron chi connectivity index (χ4n) is 1.79. The Hall–Kier alpha value is -2.63. The smallest absolute Gasteiger partial charge is 0.327 e. The van der Waals surface area contributed by atoms with E-state index in [2.05, 4.69) is 20.3 Å². The molecule has 0 amide bonds. The summed E-state index contributed by atoms with van der Waals surface area (Å²) in [5.41, 5.74) is 1.88. The number of para-hydroxylation sites is 1. The van der Waals surface area contributed by atoms with Crippen molar-refractivity contribution in [3.63, 3.8) is 0 Å². The molecule has 0 aliphatic heterocycles. The monoisotopic (exact) mass is 241 g/mol. The third-order valence-corrected chi connectivity index (χ3v) is 2.72. The number of benzene rings is 1. The zero-order chi connectivity index (χ0) is 12.5. The van der Waals surface area contributed by atoms with Gasteiger partial charge in [-0.05, 0) is 12.1 Å². The van der Waals surface area contributed by atoms with Gasteiger partial charge in [0.15, 0.2) is 11.5 Å². The summed E-state index contributed by atoms with van der Waals surface area (Å²) in [4.78, 5) is 22.5. The van der Waals surface area contributed by atoms with Crippen molar-refractivity contribution in [2.24, 2.45) is 7.05 Å². The number of hydrogen-bond donors (Lipinski definition) is 2. The Kier molecular flexibility index (Phi) is 2.33. The Balaban J connectivity index is 2.13. The number of hydrogen-bond acceptors (Lipinski definition) is 4. The highest BCUT2D eigenvalue weighted by Gasteiger charge is 2.09. The van der Waals surface area contributed by atoms with Gasteiger partial charge in [-0.1, -0.05) is 18.2 Å². The molecule has 0 radical (unpaired) electrons. The minimum Gasteiger partial charge on any atom is -0.338 e. The minimum atomic E-state index is -0.207. The molecule has 0 saturated carbocycles. The van der Waals surface area contributed by atoms with Gasteiger partial charge in [0, 0.05) is 12.7 Å². The molecule has 0 unspecified atom stereocenters. The first kappa shape index (κ1) is 10.5. The molecule has 2 aromatic heterocycles. The second-order valence-electron chi connectivity index (χ2n) is 3.90. The van der Waals surface area contributed by atoms with Crippen molar-refractivity contribution < 1.29 is 0 Å². The van der Waals surface area contributed by atoms with Crippen LogP contribution in [0.1, 0.15) is 0 Å². The Labute approximate surface area is 102 Å². The normalized spacial score (nSPS) is 10.7. The van der Waals surface area contributed by atoms with Crippen LogP contribution in [0, 0.1) is 0 Å². The molecule has 2 heterocycles. The number of imidazole rings is 1. The average molecular weight is 241 g/mol. The van der Waals surface area contributed by atoms with E-state index in [9.17, 15) is 4.79 Å². The van der Waals surface area contributed by atoms with Gasteiger partial charge in [-0.25, -0.2) is 14.8 Å². The molecule has 0 aliphatic rings. The largest absolute Gasteiger partial charge is 0.338 e. The number of aromatic nitrogens is 4. The third-order valence-electron chi connectivity index (χ3n) is 2.72. The predicted molar refractivity (Wildman–Crippen MR) is 68.9 cm³/mol. The average Bonchev–Trinajstić information content (AvgIpc) is 2.69. The molecule has 0 spiro atoms. The van der Waals surface area contributed by atoms with Gasteiger partial charge in [0.2, 0.25) is 0 Å². The van der Waals surface area contributed by atoms with Crippen LogP contribution in [0.2, 0.25) is 0 Å². The fraction of sp³-hybridized carbons (Fsp3) is 0.0833. The summed E-state index contributed by atoms with van der Waals surface area (Å²) in [6.45, 7) is 0. The van der Waals surface area contributed by atoms with Crippen molar-refractivity contribution in [1.29, 1.82) is 0 Å². The fourth-order valence-corrected chi connectivity index (χ4v) is 1.79. The summed E-state index contributed by atoms with van der Waals surface area (Å²) in [6, 6.07) is 9.64. The first-order chi connectivity index (χ1) is 8.75. The third kappa shape index (κ3) is 1.64. The minimum absolute atomic E-state index is 0.207. The highest BCUT2D eigenvalue weighted by Crippen LogP contribution is 2.19. The zero-order valence-corrected chi connectivity index (χ0v) is 9.71. The molecular weight excluding hydrogens is 230 g/mol. The van der Waals surface area contributed by atoms with Crippen molar-refractivity contribution in [3.8, 4) is 0 Å². The molecule has 0 bridgehead atoms. The summed E-state index contributed by atoms with van der Waals surface area (Å²) in [6.07, 6.45) is 1.43. The second-order valence-corrected chi connectivity index (χ2v) is 3.90. The van der Waals surface area contributed by atoms with Crippen LogP contribution in [0.15, 0.2) is 41.5 Å². The maximum atomic E-state index is 11.6. The number of nitrogens with one attached hydrogen (secondary N) is 2. The van der Waals surface area contributed by atoms with Gasteiger partial charge in [-0.2, -0.15) is 0 Å². The van der Waals surface area contributed by atoms with Crippen LogP contribution in [0.5, 0.6) is 0 Å². The number of aryl methyl sites for hydroxylation is 1. The lowest BCUT2D eigenvalue weighted by Gasteiger charge is -2.05. The van der Waals surface area contributed by atoms with Crippen LogP contribution in [0.25, 0.3) is 11.2 Å². The van der Waals surface area contributed by atoms with Crippen molar-refractivity contribution in [2.75, 3.05) is 5.32 Å². The van der Waals surface area contributed by atoms with Crippen LogP contribution >= 0.6 is 0 Å². The molecule has 1 aromatic carbocycles. The second kappa shape index (κ2) is 3.99. The predicted octanol–water partition coefficient (Wildman–Crippen LogP) is 1.40. The van der Waals surface area contributed by atoms with Gasteiger partial charge in [0.1, 0.15) is 11.8 Å². The van der Waals surface area contributed by atoms with Crippen LogP contribution in [0.3, 0.4) is 0 Å². The summed E-state index contributed by atoms with van der Waals surface area (Å²) in [7, 11) is 1.67. The molecule has 0 atom stereocenters. The van der Waals surface area contributed by atoms with Crippen LogP contribution in [-0.2, 0) is 7.05 Å². The van der Waals surface area contributed by atoms with Gasteiger partial charge in [-0.15, -0.1) is 0 Å². The Morgan fingerprint density at radius 3 is 2.78 bits per heavy atom. The van der Waals surface area contributed by atoms with Gasteiger partial charge < -0.3 is 10.3 Å². The molecule has 18 heavy (non-hydrogen) atoms. The number of aromatic amines is 1. The van der Waals surface area contributed by atoms with Gasteiger partial charge in [0.05, 0.1) is 0 Å². The zero-order valence-electron chi connectivity index (χ0n) is 9.71. The van der Waals surface area contributed by atoms with E-state index in [1.807, 2.05) is 30.3 Å². The summed E-state index contributed by atoms with van der Waals surface area (Å²) < 4.78 is 1.45. The first-order valence-corrected chi connectivity index (χ1v) is 5.47. The number of fused-ring (bicyclic) bond motifs is 1. The van der Waals surface area contributed by atoms with Crippen LogP contribution < -0.4 is 11.0 Å². The highest BCUT2D eigenvalue weighted by atomic mass is 16.1. The lowest BCUT2D eigenvalue weighted by molar-refractivity contribution is 0.877. The molecule has 3 aromatic rings. The number of H-pyrrole nitrogens is 1. The number of nitrogens with zero attached hydrogens (tertiary/aromatic N) is 3. The maximum Gasteiger partial charge on any atom is 0.327 e. The summed E-state index contributed by atoms with van der Waals surface area (Å²) >= 11 is 0. The molecule has 0 saturated heterocycles. The number of anilines is 2. The summed E-state index contributed by atoms with van der Waals surface area (Å²) in [5, 5.41) is 3.15. The highest BCUT2D eigenvalue weighted by molar-refractivity contribution is 5.84. The Bertz CT molecular complexity index is 744. The standard InChI is InChI=1S/C12H11N5O/c1-17-11-9(16-12(17)18)10(13-7-14-11)15-8-5-3-2-4-6-8/h2-7H,1H3,(H,16,18)(H,13,14,15). The van der Waals surface area contributed by atoms with E-state index in [0.29, 0.717) is 17.0 Å². The van der Waals surface area contributed by atoms with Crippen molar-refractivity contribution in [1.82, 2.24) is 19.5 Å². The van der Waals surface area contributed by atoms with Gasteiger partial charge in [-0.3, -0.25) is 4.57 Å². The van der Waals surface area contributed by atoms with E-state index in [4.69, 9.17) is 0 Å². The van der Waals surface area contributed by atoms with E-state index < -0.39 is 0 Å². The topological polar surface area (TPSA) is 75.6 Å². The molecule has 3 rings (SSSR count). The van der Waals surface area contributed by atoms with Gasteiger partial charge >= 0.3 is 5.69 Å². The Morgan fingerprint density at radius 1 is 1.22 bits per heavy atom. The van der Waals surface area contributed by atoms with E-state index >= 15 is 0 Å². The lowest BCUT2D eigenvalue weighted by Crippen LogP contribution is -2.12. The van der Waals surface area contributed by atoms with E-state index in [0.717, 1.165) is 5.69 Å². The maximum absolute atomic E-state index is 11.6. The molecule has 90 valence electrons. The molecule has 0 fully saturated rings. The molecule has 2 N–H and O–H groups in total. The van der Waals surface area contributed by atoms with Crippen molar-refractivity contribution >= 4 is 22.7 Å². The molecular formula is C12H11N5O. The quantitative estimate of drug-likeness (QED) is 0.711. The summed E-state index contributed by atoms with van der Waals surface area (Å²) in [5.74, 6) is 0.587. The van der Waals surface area contributed by atoms with Crippen LogP contribution in [0.4, 0.5) is 11.5 Å². The van der Waals surface area contributed by atoms with E-state index in [1.165, 1.54) is 10.9 Å². The van der Waals surface area contributed by atoms with Crippen LogP contribution in [-0.4, -0.2) is 19.5 Å². The first-order valence-electron chi connectivity index (χ1n) is 5.47. The number of rotatable bonds is 2. The van der Waals surface area contributed by atoms with E-state index in [1.54, 1.807) is 7.05 Å².